The third-order valence-corrected chi connectivity index (χ3v) is 5.85. The minimum absolute atomic E-state index is 0.186. The number of amides is 1. The van der Waals surface area contributed by atoms with Gasteiger partial charge in [-0.15, -0.1) is 0 Å². The first-order valence-electron chi connectivity index (χ1n) is 10.0. The number of hydrogen-bond acceptors (Lipinski definition) is 7. The average Bonchev–Trinajstić information content (AvgIpc) is 2.99. The Balaban J connectivity index is 1.95. The normalized spacial score (nSPS) is 15.7. The molecule has 3 rings (SSSR count). The lowest BCUT2D eigenvalue weighted by Gasteiger charge is -2.14. The number of fused-ring (bicyclic) bond motifs is 1. The third-order valence-electron chi connectivity index (χ3n) is 4.47. The van der Waals surface area contributed by atoms with Gasteiger partial charge in [0.2, 0.25) is 0 Å². The molecule has 7 nitrogen and oxygen atoms in total. The van der Waals surface area contributed by atoms with Crippen LogP contribution in [0.15, 0.2) is 34.1 Å². The van der Waals surface area contributed by atoms with Crippen LogP contribution in [0.25, 0.3) is 11.7 Å². The maximum absolute atomic E-state index is 13.2. The molecule has 160 valence electrons. The second kappa shape index (κ2) is 10.2. The van der Waals surface area contributed by atoms with Crippen molar-refractivity contribution in [1.29, 1.82) is 0 Å². The number of hydrogen-bond donors (Lipinski definition) is 1. The third kappa shape index (κ3) is 5.08. The smallest absolute Gasteiger partial charge is 0.267 e. The fourth-order valence-electron chi connectivity index (χ4n) is 2.96. The Labute approximate surface area is 185 Å². The summed E-state index contributed by atoms with van der Waals surface area (Å²) in [4.78, 5) is 32.6. The van der Waals surface area contributed by atoms with E-state index in [2.05, 4.69) is 24.1 Å². The van der Waals surface area contributed by atoms with Crippen LogP contribution >= 0.6 is 24.0 Å². The highest BCUT2D eigenvalue weighted by atomic mass is 32.2. The molecular weight excluding hydrogens is 420 g/mol. The maximum Gasteiger partial charge on any atom is 0.267 e. The van der Waals surface area contributed by atoms with E-state index in [9.17, 15) is 9.59 Å². The number of thiocarbonyl (C=S) groups is 1. The number of rotatable bonds is 9. The number of nitrogens with zero attached hydrogens (tertiary/aromatic N) is 3. The van der Waals surface area contributed by atoms with Crippen molar-refractivity contribution in [1.82, 2.24) is 14.3 Å². The monoisotopic (exact) mass is 446 g/mol. The second-order valence-corrected chi connectivity index (χ2v) is 8.94. The Kier molecular flexibility index (Phi) is 7.63. The fourth-order valence-corrected chi connectivity index (χ4v) is 4.25. The Hall–Kier alpha value is -2.23. The van der Waals surface area contributed by atoms with Crippen LogP contribution in [-0.2, 0) is 9.53 Å². The summed E-state index contributed by atoms with van der Waals surface area (Å²) in [6.07, 6.45) is 3.99. The summed E-state index contributed by atoms with van der Waals surface area (Å²) in [7, 11) is 0. The molecule has 1 aliphatic rings. The van der Waals surface area contributed by atoms with E-state index in [1.54, 1.807) is 29.3 Å². The van der Waals surface area contributed by atoms with Crippen LogP contribution in [0.3, 0.4) is 0 Å². The molecule has 1 aliphatic heterocycles. The number of carbonyl (C=O) groups excluding carboxylic acids is 1. The number of ether oxygens (including phenoxy) is 1. The topological polar surface area (TPSA) is 75.9 Å². The highest BCUT2D eigenvalue weighted by Gasteiger charge is 2.32. The summed E-state index contributed by atoms with van der Waals surface area (Å²) in [6.45, 7) is 8.46. The molecule has 0 atom stereocenters. The molecule has 1 amide bonds. The van der Waals surface area contributed by atoms with E-state index < -0.39 is 0 Å². The summed E-state index contributed by atoms with van der Waals surface area (Å²) in [5, 5.41) is 3.25. The zero-order valence-electron chi connectivity index (χ0n) is 17.4. The van der Waals surface area contributed by atoms with Crippen molar-refractivity contribution in [2.75, 3.05) is 31.6 Å². The van der Waals surface area contributed by atoms with Crippen molar-refractivity contribution in [3.63, 3.8) is 0 Å². The average molecular weight is 447 g/mol. The molecular formula is C21H26N4O3S2. The van der Waals surface area contributed by atoms with E-state index >= 15 is 0 Å². The zero-order valence-corrected chi connectivity index (χ0v) is 19.0. The minimum Gasteiger partial charge on any atom is -0.382 e. The molecule has 9 heteroatoms. The highest BCUT2D eigenvalue weighted by Crippen LogP contribution is 2.33. The Morgan fingerprint density at radius 1 is 1.33 bits per heavy atom. The van der Waals surface area contributed by atoms with Crippen LogP contribution in [-0.4, -0.2) is 50.8 Å². The predicted molar refractivity (Wildman–Crippen MR) is 126 cm³/mol. The van der Waals surface area contributed by atoms with E-state index in [0.29, 0.717) is 64.9 Å². The van der Waals surface area contributed by atoms with Gasteiger partial charge in [0, 0.05) is 32.5 Å². The number of thioether (sulfide) groups is 1. The van der Waals surface area contributed by atoms with E-state index in [-0.39, 0.29) is 11.5 Å². The van der Waals surface area contributed by atoms with Crippen molar-refractivity contribution >= 4 is 51.7 Å². The number of pyridine rings is 1. The maximum atomic E-state index is 13.2. The number of aromatic nitrogens is 2. The van der Waals surface area contributed by atoms with Gasteiger partial charge in [-0.1, -0.05) is 43.9 Å². The van der Waals surface area contributed by atoms with Crippen LogP contribution < -0.4 is 10.9 Å². The van der Waals surface area contributed by atoms with E-state index in [0.717, 1.165) is 0 Å². The Morgan fingerprint density at radius 3 is 2.87 bits per heavy atom. The summed E-state index contributed by atoms with van der Waals surface area (Å²) in [5.41, 5.74) is 0.678. The first-order chi connectivity index (χ1) is 14.4. The van der Waals surface area contributed by atoms with E-state index in [1.807, 2.05) is 13.0 Å². The molecule has 0 spiro atoms. The summed E-state index contributed by atoms with van der Waals surface area (Å²) in [5.74, 6) is 0.660. The molecule has 1 saturated heterocycles. The van der Waals surface area contributed by atoms with Gasteiger partial charge >= 0.3 is 0 Å². The summed E-state index contributed by atoms with van der Waals surface area (Å²) >= 11 is 6.60. The highest BCUT2D eigenvalue weighted by molar-refractivity contribution is 8.26. The van der Waals surface area contributed by atoms with Gasteiger partial charge in [-0.3, -0.25) is 18.9 Å². The van der Waals surface area contributed by atoms with Crippen LogP contribution in [0.2, 0.25) is 0 Å². The molecule has 2 aromatic rings. The largest absolute Gasteiger partial charge is 0.382 e. The molecule has 3 heterocycles. The van der Waals surface area contributed by atoms with Gasteiger partial charge in [0.15, 0.2) is 0 Å². The van der Waals surface area contributed by atoms with Crippen LogP contribution in [0.1, 0.15) is 32.8 Å². The van der Waals surface area contributed by atoms with Crippen LogP contribution in [0, 0.1) is 5.92 Å². The SMILES string of the molecule is CCOCCCN1C(=O)/C(=C/c2c(NCC(C)C)nc3ccccn3c2=O)SC1=S. The number of carbonyl (C=O) groups is 1. The van der Waals surface area contributed by atoms with Crippen LogP contribution in [0.5, 0.6) is 0 Å². The summed E-state index contributed by atoms with van der Waals surface area (Å²) in [6, 6.07) is 5.39. The number of anilines is 1. The molecule has 0 bridgehead atoms. The minimum atomic E-state index is -0.228. The standard InChI is InChI=1S/C21H26N4O3S2/c1-4-28-11-7-10-25-20(27)16(30-21(25)29)12-15-18(22-13-14(2)3)23-17-8-5-6-9-24(17)19(15)26/h5-6,8-9,12,14,22H,4,7,10-11,13H2,1-3H3/b16-12-. The van der Waals surface area contributed by atoms with E-state index in [1.165, 1.54) is 16.2 Å². The molecule has 30 heavy (non-hydrogen) atoms. The van der Waals surface area contributed by atoms with Crippen molar-refractivity contribution < 1.29 is 9.53 Å². The lowest BCUT2D eigenvalue weighted by atomic mass is 10.2. The zero-order chi connectivity index (χ0) is 21.7. The van der Waals surface area contributed by atoms with Gasteiger partial charge in [-0.05, 0) is 37.5 Å². The molecule has 2 aromatic heterocycles. The van der Waals surface area contributed by atoms with E-state index in [4.69, 9.17) is 17.0 Å². The number of nitrogens with one attached hydrogen (secondary N) is 1. The molecule has 1 fully saturated rings. The quantitative estimate of drug-likeness (QED) is 0.359. The molecule has 0 radical (unpaired) electrons. The van der Waals surface area contributed by atoms with Gasteiger partial charge in [0.05, 0.1) is 10.5 Å². The molecule has 0 aromatic carbocycles. The first kappa shape index (κ1) is 22.5. The summed E-state index contributed by atoms with van der Waals surface area (Å²) < 4.78 is 7.32. The van der Waals surface area contributed by atoms with Gasteiger partial charge in [0.25, 0.3) is 11.5 Å². The lowest BCUT2D eigenvalue weighted by molar-refractivity contribution is -0.122. The first-order valence-corrected chi connectivity index (χ1v) is 11.2. The fraction of sp³-hybridized carbons (Fsp3) is 0.429. The van der Waals surface area contributed by atoms with Crippen LogP contribution in [0.4, 0.5) is 5.82 Å². The van der Waals surface area contributed by atoms with Crippen molar-refractivity contribution in [2.45, 2.75) is 27.2 Å². The molecule has 0 aliphatic carbocycles. The van der Waals surface area contributed by atoms with Gasteiger partial charge in [-0.25, -0.2) is 4.98 Å². The van der Waals surface area contributed by atoms with Gasteiger partial charge in [0.1, 0.15) is 15.8 Å². The molecule has 0 unspecified atom stereocenters. The van der Waals surface area contributed by atoms with Gasteiger partial charge < -0.3 is 10.1 Å². The predicted octanol–water partition coefficient (Wildman–Crippen LogP) is 3.39. The molecule has 1 N–H and O–H groups in total. The van der Waals surface area contributed by atoms with Crippen molar-refractivity contribution in [3.05, 3.63) is 45.2 Å². The van der Waals surface area contributed by atoms with Gasteiger partial charge in [-0.2, -0.15) is 0 Å². The Morgan fingerprint density at radius 2 is 2.13 bits per heavy atom. The Bertz CT molecular complexity index is 1030. The molecule has 0 saturated carbocycles. The van der Waals surface area contributed by atoms with Crippen molar-refractivity contribution in [2.24, 2.45) is 5.92 Å². The second-order valence-electron chi connectivity index (χ2n) is 7.27. The lowest BCUT2D eigenvalue weighted by Crippen LogP contribution is -2.29. The van der Waals surface area contributed by atoms with Crippen molar-refractivity contribution in [3.8, 4) is 0 Å².